The quantitative estimate of drug-likeness (QED) is 0.387. The Morgan fingerprint density at radius 1 is 1.27 bits per heavy atom. The summed E-state index contributed by atoms with van der Waals surface area (Å²) in [4.78, 5) is 2.98. The Morgan fingerprint density at radius 2 is 1.91 bits per heavy atom. The first-order valence-electron chi connectivity index (χ1n) is 2.92. The van der Waals surface area contributed by atoms with Crippen LogP contribution in [0, 0.1) is 5.92 Å². The molecule has 0 aromatic carbocycles. The molecule has 2 atom stereocenters. The summed E-state index contributed by atoms with van der Waals surface area (Å²) in [6.07, 6.45) is -3.84. The average molecular weight is 167 g/mol. The summed E-state index contributed by atoms with van der Waals surface area (Å²) >= 11 is 0. The Bertz CT molecular complexity index is 193. The lowest BCUT2D eigenvalue weighted by molar-refractivity contribution is -0.175. The van der Waals surface area contributed by atoms with Gasteiger partial charge in [0, 0.05) is 6.21 Å². The van der Waals surface area contributed by atoms with Gasteiger partial charge in [-0.05, 0) is 6.08 Å². The fraction of sp³-hybridized carbons (Fsp3) is 0.500. The third-order valence-corrected chi connectivity index (χ3v) is 1.31. The molecule has 1 aliphatic heterocycles. The highest BCUT2D eigenvalue weighted by atomic mass is 19.4. The van der Waals surface area contributed by atoms with Crippen LogP contribution in [0.4, 0.5) is 17.6 Å². The monoisotopic (exact) mass is 167 g/mol. The minimum absolute atomic E-state index is 0.762. The summed E-state index contributed by atoms with van der Waals surface area (Å²) in [5, 5.41) is 0. The summed E-state index contributed by atoms with van der Waals surface area (Å²) in [6, 6.07) is 0. The van der Waals surface area contributed by atoms with Gasteiger partial charge < -0.3 is 0 Å². The highest BCUT2D eigenvalue weighted by Crippen LogP contribution is 2.32. The summed E-state index contributed by atoms with van der Waals surface area (Å²) in [5.74, 6) is -2.08. The van der Waals surface area contributed by atoms with Crippen molar-refractivity contribution in [3.63, 3.8) is 0 Å². The molecule has 1 heterocycles. The molecule has 62 valence electrons. The maximum atomic E-state index is 12.4. The van der Waals surface area contributed by atoms with Crippen molar-refractivity contribution in [2.24, 2.45) is 10.9 Å². The molecule has 0 saturated carbocycles. The number of alkyl halides is 4. The van der Waals surface area contributed by atoms with Crippen LogP contribution < -0.4 is 0 Å². The zero-order valence-electron chi connectivity index (χ0n) is 5.35. The van der Waals surface area contributed by atoms with E-state index in [0.717, 1.165) is 18.4 Å². The number of nitrogens with zero attached hydrogens (tertiary/aromatic N) is 1. The van der Waals surface area contributed by atoms with E-state index in [1.165, 1.54) is 0 Å². The van der Waals surface area contributed by atoms with Crippen LogP contribution in [0.15, 0.2) is 17.1 Å². The molecule has 11 heavy (non-hydrogen) atoms. The lowest BCUT2D eigenvalue weighted by atomic mass is 10.1. The smallest absolute Gasteiger partial charge is 0.256 e. The van der Waals surface area contributed by atoms with Crippen LogP contribution in [0.5, 0.6) is 0 Å². The van der Waals surface area contributed by atoms with Crippen molar-refractivity contribution >= 4 is 6.21 Å². The molecule has 0 saturated heterocycles. The van der Waals surface area contributed by atoms with Crippen molar-refractivity contribution in [2.45, 2.75) is 12.5 Å². The van der Waals surface area contributed by atoms with E-state index in [9.17, 15) is 17.6 Å². The molecule has 0 fully saturated rings. The Labute approximate surface area is 60.4 Å². The fourth-order valence-electron chi connectivity index (χ4n) is 0.751. The molecular weight excluding hydrogens is 162 g/mol. The maximum Gasteiger partial charge on any atom is 0.399 e. The molecule has 1 nitrogen and oxygen atoms in total. The SMILES string of the molecule is FC1N=CC=CC1C(F)(F)F. The molecule has 0 spiro atoms. The van der Waals surface area contributed by atoms with Gasteiger partial charge in [0.15, 0.2) is 0 Å². The number of hydrogen-bond acceptors (Lipinski definition) is 1. The second-order valence-electron chi connectivity index (χ2n) is 2.12. The normalized spacial score (nSPS) is 30.9. The van der Waals surface area contributed by atoms with Gasteiger partial charge in [-0.25, -0.2) is 4.39 Å². The molecule has 1 rings (SSSR count). The molecular formula is C6H5F4N. The minimum atomic E-state index is -4.53. The molecule has 0 radical (unpaired) electrons. The summed E-state index contributed by atoms with van der Waals surface area (Å²) < 4.78 is 47.9. The number of hydrogen-bond donors (Lipinski definition) is 0. The van der Waals surface area contributed by atoms with Crippen LogP contribution in [0.3, 0.4) is 0 Å². The predicted octanol–water partition coefficient (Wildman–Crippen LogP) is 2.10. The van der Waals surface area contributed by atoms with E-state index in [1.54, 1.807) is 0 Å². The molecule has 0 aromatic heterocycles. The lowest BCUT2D eigenvalue weighted by Crippen LogP contribution is -2.30. The van der Waals surface area contributed by atoms with Gasteiger partial charge in [-0.1, -0.05) is 6.08 Å². The second kappa shape index (κ2) is 2.64. The fourth-order valence-corrected chi connectivity index (χ4v) is 0.751. The molecule has 0 amide bonds. The van der Waals surface area contributed by atoms with Crippen molar-refractivity contribution in [3.05, 3.63) is 12.2 Å². The van der Waals surface area contributed by atoms with Crippen molar-refractivity contribution in [3.8, 4) is 0 Å². The van der Waals surface area contributed by atoms with Gasteiger partial charge in [-0.3, -0.25) is 4.99 Å². The molecule has 2 unspecified atom stereocenters. The van der Waals surface area contributed by atoms with Crippen molar-refractivity contribution in [2.75, 3.05) is 0 Å². The van der Waals surface area contributed by atoms with E-state index in [-0.39, 0.29) is 0 Å². The van der Waals surface area contributed by atoms with Gasteiger partial charge in [0.2, 0.25) is 6.30 Å². The average Bonchev–Trinajstić information content (AvgIpc) is 1.86. The van der Waals surface area contributed by atoms with Gasteiger partial charge in [0.25, 0.3) is 0 Å². The summed E-state index contributed by atoms with van der Waals surface area (Å²) in [7, 11) is 0. The number of dihydropyridines is 1. The van der Waals surface area contributed by atoms with E-state index < -0.39 is 18.4 Å². The topological polar surface area (TPSA) is 12.4 Å². The van der Waals surface area contributed by atoms with Crippen LogP contribution >= 0.6 is 0 Å². The number of allylic oxidation sites excluding steroid dienone is 1. The third-order valence-electron chi connectivity index (χ3n) is 1.31. The molecule has 0 N–H and O–H groups in total. The van der Waals surface area contributed by atoms with E-state index in [1.807, 2.05) is 0 Å². The Morgan fingerprint density at radius 3 is 2.27 bits per heavy atom. The van der Waals surface area contributed by atoms with E-state index in [0.29, 0.717) is 0 Å². The Hall–Kier alpha value is -0.870. The van der Waals surface area contributed by atoms with E-state index in [4.69, 9.17) is 0 Å². The zero-order valence-corrected chi connectivity index (χ0v) is 5.35. The van der Waals surface area contributed by atoms with Crippen LogP contribution in [0.1, 0.15) is 0 Å². The first-order chi connectivity index (χ1) is 5.02. The second-order valence-corrected chi connectivity index (χ2v) is 2.12. The van der Waals surface area contributed by atoms with Gasteiger partial charge >= 0.3 is 6.18 Å². The van der Waals surface area contributed by atoms with Crippen LogP contribution in [0.25, 0.3) is 0 Å². The van der Waals surface area contributed by atoms with Crippen LogP contribution in [-0.4, -0.2) is 18.7 Å². The van der Waals surface area contributed by atoms with Gasteiger partial charge in [0.1, 0.15) is 5.92 Å². The molecule has 0 aliphatic carbocycles. The molecule has 0 bridgehead atoms. The van der Waals surface area contributed by atoms with Crippen molar-refractivity contribution < 1.29 is 17.6 Å². The minimum Gasteiger partial charge on any atom is -0.256 e. The predicted molar refractivity (Wildman–Crippen MR) is 32.1 cm³/mol. The van der Waals surface area contributed by atoms with Gasteiger partial charge in [-0.15, -0.1) is 0 Å². The van der Waals surface area contributed by atoms with Crippen molar-refractivity contribution in [1.82, 2.24) is 0 Å². The summed E-state index contributed by atoms with van der Waals surface area (Å²) in [6.45, 7) is 0. The van der Waals surface area contributed by atoms with E-state index in [2.05, 4.69) is 4.99 Å². The van der Waals surface area contributed by atoms with Crippen molar-refractivity contribution in [1.29, 1.82) is 0 Å². The zero-order chi connectivity index (χ0) is 8.48. The molecule has 0 aromatic rings. The Kier molecular flexibility index (Phi) is 1.97. The van der Waals surface area contributed by atoms with Gasteiger partial charge in [-0.2, -0.15) is 13.2 Å². The lowest BCUT2D eigenvalue weighted by Gasteiger charge is -2.19. The third kappa shape index (κ3) is 1.78. The molecule has 5 heteroatoms. The largest absolute Gasteiger partial charge is 0.399 e. The molecule has 1 aliphatic rings. The highest BCUT2D eigenvalue weighted by Gasteiger charge is 2.44. The first-order valence-corrected chi connectivity index (χ1v) is 2.92. The van der Waals surface area contributed by atoms with E-state index >= 15 is 0 Å². The van der Waals surface area contributed by atoms with Crippen LogP contribution in [-0.2, 0) is 0 Å². The highest BCUT2D eigenvalue weighted by molar-refractivity contribution is 5.72. The first kappa shape index (κ1) is 8.23. The maximum absolute atomic E-state index is 12.4. The summed E-state index contributed by atoms with van der Waals surface area (Å²) in [5.41, 5.74) is 0. The Balaban J connectivity index is 2.74. The standard InChI is InChI=1S/C6H5F4N/c7-5-4(6(8,9)10)2-1-3-11-5/h1-5H. The number of aliphatic imine (C=N–C) groups is 1. The number of halogens is 4. The van der Waals surface area contributed by atoms with Gasteiger partial charge in [0.05, 0.1) is 0 Å². The van der Waals surface area contributed by atoms with Crippen LogP contribution in [0.2, 0.25) is 0 Å². The number of rotatable bonds is 0.